The second kappa shape index (κ2) is 9.36. The predicted octanol–water partition coefficient (Wildman–Crippen LogP) is 2.04. The molecule has 0 radical (unpaired) electrons. The SMILES string of the molecule is Cc1cccc(C(=O)NCC2CCN(S(C)(=O)=O)CC2)c1NC(=O)c1ccncc1. The minimum atomic E-state index is -3.17. The second-order valence-electron chi connectivity index (χ2n) is 7.50. The largest absolute Gasteiger partial charge is 0.352 e. The van der Waals surface area contributed by atoms with Crippen molar-refractivity contribution in [2.45, 2.75) is 19.8 Å². The molecular weight excluding hydrogens is 404 g/mol. The first-order chi connectivity index (χ1) is 14.3. The van der Waals surface area contributed by atoms with Gasteiger partial charge < -0.3 is 10.6 Å². The van der Waals surface area contributed by atoms with E-state index in [4.69, 9.17) is 0 Å². The smallest absolute Gasteiger partial charge is 0.255 e. The fourth-order valence-electron chi connectivity index (χ4n) is 3.49. The Balaban J connectivity index is 1.64. The highest BCUT2D eigenvalue weighted by Crippen LogP contribution is 2.22. The number of aryl methyl sites for hydroxylation is 1. The van der Waals surface area contributed by atoms with Crippen LogP contribution in [-0.4, -0.2) is 55.4 Å². The van der Waals surface area contributed by atoms with E-state index >= 15 is 0 Å². The van der Waals surface area contributed by atoms with Crippen LogP contribution in [0.2, 0.25) is 0 Å². The molecule has 0 saturated carbocycles. The zero-order valence-electron chi connectivity index (χ0n) is 17.1. The van der Waals surface area contributed by atoms with Crippen molar-refractivity contribution >= 4 is 27.5 Å². The topological polar surface area (TPSA) is 108 Å². The third-order valence-corrected chi connectivity index (χ3v) is 6.60. The first-order valence-electron chi connectivity index (χ1n) is 9.80. The van der Waals surface area contributed by atoms with Gasteiger partial charge in [-0.2, -0.15) is 0 Å². The van der Waals surface area contributed by atoms with Gasteiger partial charge in [-0.3, -0.25) is 14.6 Å². The van der Waals surface area contributed by atoms with Crippen LogP contribution in [0, 0.1) is 12.8 Å². The molecule has 2 aromatic rings. The molecular formula is C21H26N4O4S. The van der Waals surface area contributed by atoms with Crippen LogP contribution >= 0.6 is 0 Å². The van der Waals surface area contributed by atoms with Gasteiger partial charge in [0.2, 0.25) is 10.0 Å². The lowest BCUT2D eigenvalue weighted by atomic mass is 9.98. The zero-order chi connectivity index (χ0) is 21.7. The van der Waals surface area contributed by atoms with Gasteiger partial charge in [0.25, 0.3) is 11.8 Å². The Morgan fingerprint density at radius 2 is 1.77 bits per heavy atom. The number of hydrogen-bond donors (Lipinski definition) is 2. The first-order valence-corrected chi connectivity index (χ1v) is 11.6. The van der Waals surface area contributed by atoms with E-state index in [2.05, 4.69) is 15.6 Å². The van der Waals surface area contributed by atoms with Gasteiger partial charge in [0.05, 0.1) is 17.5 Å². The summed E-state index contributed by atoms with van der Waals surface area (Å²) in [6.07, 6.45) is 5.69. The predicted molar refractivity (Wildman–Crippen MR) is 115 cm³/mol. The van der Waals surface area contributed by atoms with Gasteiger partial charge in [-0.1, -0.05) is 12.1 Å². The van der Waals surface area contributed by atoms with Crippen molar-refractivity contribution in [3.05, 3.63) is 59.4 Å². The van der Waals surface area contributed by atoms with Crippen LogP contribution in [0.4, 0.5) is 5.69 Å². The van der Waals surface area contributed by atoms with Crippen LogP contribution in [-0.2, 0) is 10.0 Å². The fourth-order valence-corrected chi connectivity index (χ4v) is 4.36. The Morgan fingerprint density at radius 1 is 1.10 bits per heavy atom. The molecule has 1 aliphatic heterocycles. The van der Waals surface area contributed by atoms with Crippen molar-refractivity contribution in [1.29, 1.82) is 0 Å². The molecule has 3 rings (SSSR count). The Hall–Kier alpha value is -2.78. The van der Waals surface area contributed by atoms with Crippen molar-refractivity contribution in [3.8, 4) is 0 Å². The van der Waals surface area contributed by atoms with E-state index in [0.717, 1.165) is 5.56 Å². The molecule has 0 aliphatic carbocycles. The number of nitrogens with one attached hydrogen (secondary N) is 2. The van der Waals surface area contributed by atoms with Gasteiger partial charge in [-0.05, 0) is 49.4 Å². The van der Waals surface area contributed by atoms with E-state index in [1.54, 1.807) is 24.3 Å². The van der Waals surface area contributed by atoms with Crippen LogP contribution in [0.3, 0.4) is 0 Å². The third-order valence-electron chi connectivity index (χ3n) is 5.29. The Kier molecular flexibility index (Phi) is 6.84. The van der Waals surface area contributed by atoms with Crippen LogP contribution in [0.25, 0.3) is 0 Å². The Morgan fingerprint density at radius 3 is 2.40 bits per heavy atom. The van der Waals surface area contributed by atoms with E-state index in [1.165, 1.54) is 23.0 Å². The molecule has 1 fully saturated rings. The number of carbonyl (C=O) groups excluding carboxylic acids is 2. The number of benzene rings is 1. The van der Waals surface area contributed by atoms with Crippen molar-refractivity contribution in [2.75, 3.05) is 31.2 Å². The molecule has 1 saturated heterocycles. The summed E-state index contributed by atoms with van der Waals surface area (Å²) >= 11 is 0. The van der Waals surface area contributed by atoms with Gasteiger partial charge in [0, 0.05) is 37.6 Å². The summed E-state index contributed by atoms with van der Waals surface area (Å²) in [6.45, 7) is 3.23. The molecule has 0 atom stereocenters. The number of pyridine rings is 1. The lowest BCUT2D eigenvalue weighted by Gasteiger charge is -2.30. The molecule has 9 heteroatoms. The lowest BCUT2D eigenvalue weighted by Crippen LogP contribution is -2.41. The molecule has 2 amide bonds. The summed E-state index contributed by atoms with van der Waals surface area (Å²) in [6, 6.07) is 8.50. The highest BCUT2D eigenvalue weighted by Gasteiger charge is 2.25. The quantitative estimate of drug-likeness (QED) is 0.729. The monoisotopic (exact) mass is 430 g/mol. The van der Waals surface area contributed by atoms with E-state index in [9.17, 15) is 18.0 Å². The average Bonchev–Trinajstić information content (AvgIpc) is 2.73. The van der Waals surface area contributed by atoms with Crippen LogP contribution in [0.5, 0.6) is 0 Å². The maximum atomic E-state index is 12.8. The number of sulfonamides is 1. The standard InChI is InChI=1S/C21H26N4O4S/c1-15-4-3-5-18(19(15)24-20(26)17-6-10-22-11-7-17)21(27)23-14-16-8-12-25(13-9-16)30(2,28)29/h3-7,10-11,16H,8-9,12-14H2,1-2H3,(H,23,27)(H,24,26). The van der Waals surface area contributed by atoms with Crippen molar-refractivity contribution < 1.29 is 18.0 Å². The van der Waals surface area contributed by atoms with E-state index in [1.807, 2.05) is 13.0 Å². The number of nitrogens with zero attached hydrogens (tertiary/aromatic N) is 2. The summed E-state index contributed by atoms with van der Waals surface area (Å²) < 4.78 is 24.7. The van der Waals surface area contributed by atoms with Crippen molar-refractivity contribution in [2.24, 2.45) is 5.92 Å². The van der Waals surface area contributed by atoms with Gasteiger partial charge in [-0.25, -0.2) is 12.7 Å². The van der Waals surface area contributed by atoms with Crippen molar-refractivity contribution in [3.63, 3.8) is 0 Å². The number of carbonyl (C=O) groups is 2. The number of para-hydroxylation sites is 1. The van der Waals surface area contributed by atoms with Crippen LogP contribution in [0.15, 0.2) is 42.7 Å². The summed E-state index contributed by atoms with van der Waals surface area (Å²) in [7, 11) is -3.17. The molecule has 30 heavy (non-hydrogen) atoms. The summed E-state index contributed by atoms with van der Waals surface area (Å²) in [4.78, 5) is 29.3. The lowest BCUT2D eigenvalue weighted by molar-refractivity contribution is 0.0942. The molecule has 2 N–H and O–H groups in total. The molecule has 1 aromatic carbocycles. The Bertz CT molecular complexity index is 1020. The average molecular weight is 431 g/mol. The molecule has 0 bridgehead atoms. The van der Waals surface area contributed by atoms with Gasteiger partial charge in [-0.15, -0.1) is 0 Å². The summed E-state index contributed by atoms with van der Waals surface area (Å²) in [5.74, 6) is -0.366. The number of anilines is 1. The first kappa shape index (κ1) is 21.9. The van der Waals surface area contributed by atoms with Crippen LogP contribution < -0.4 is 10.6 Å². The molecule has 0 spiro atoms. The van der Waals surface area contributed by atoms with E-state index in [-0.39, 0.29) is 17.7 Å². The highest BCUT2D eigenvalue weighted by molar-refractivity contribution is 7.88. The number of amides is 2. The molecule has 160 valence electrons. The second-order valence-corrected chi connectivity index (χ2v) is 9.49. The minimum Gasteiger partial charge on any atom is -0.352 e. The Labute approximate surface area is 176 Å². The number of piperidine rings is 1. The highest BCUT2D eigenvalue weighted by atomic mass is 32.2. The summed E-state index contributed by atoms with van der Waals surface area (Å²) in [5.41, 5.74) is 2.11. The third kappa shape index (κ3) is 5.43. The maximum Gasteiger partial charge on any atom is 0.255 e. The van der Waals surface area contributed by atoms with Crippen molar-refractivity contribution in [1.82, 2.24) is 14.6 Å². The van der Waals surface area contributed by atoms with Gasteiger partial charge >= 0.3 is 0 Å². The van der Waals surface area contributed by atoms with E-state index < -0.39 is 10.0 Å². The summed E-state index contributed by atoms with van der Waals surface area (Å²) in [5, 5.41) is 5.77. The molecule has 0 unspecified atom stereocenters. The molecule has 1 aliphatic rings. The zero-order valence-corrected chi connectivity index (χ0v) is 17.9. The molecule has 2 heterocycles. The minimum absolute atomic E-state index is 0.214. The fraction of sp³-hybridized carbons (Fsp3) is 0.381. The number of hydrogen-bond acceptors (Lipinski definition) is 5. The maximum absolute atomic E-state index is 12.8. The molecule has 8 nitrogen and oxygen atoms in total. The normalized spacial score (nSPS) is 15.5. The number of aromatic nitrogens is 1. The van der Waals surface area contributed by atoms with Gasteiger partial charge in [0.15, 0.2) is 0 Å². The van der Waals surface area contributed by atoms with Gasteiger partial charge in [0.1, 0.15) is 0 Å². The molecule has 1 aromatic heterocycles. The number of rotatable bonds is 6. The van der Waals surface area contributed by atoms with E-state index in [0.29, 0.717) is 49.3 Å². The van der Waals surface area contributed by atoms with Crippen LogP contribution in [0.1, 0.15) is 39.1 Å².